The Morgan fingerprint density at radius 2 is 1.72 bits per heavy atom. The molecule has 0 saturated carbocycles. The average molecular weight is 235 g/mol. The number of aromatic nitrogens is 1. The molecule has 0 fully saturated rings. The molecule has 18 heavy (non-hydrogen) atoms. The minimum absolute atomic E-state index is 0.00588. The highest BCUT2D eigenvalue weighted by atomic mass is 16.1. The molecule has 0 saturated heterocycles. The number of benzene rings is 1. The summed E-state index contributed by atoms with van der Waals surface area (Å²) in [6, 6.07) is 17.6. The van der Waals surface area contributed by atoms with Crippen LogP contribution in [0.4, 0.5) is 0 Å². The van der Waals surface area contributed by atoms with Gasteiger partial charge in [0.1, 0.15) is 0 Å². The van der Waals surface area contributed by atoms with Gasteiger partial charge >= 0.3 is 0 Å². The Kier molecular flexibility index (Phi) is 2.49. The lowest BCUT2D eigenvalue weighted by Gasteiger charge is -2.07. The molecule has 1 aromatic carbocycles. The van der Waals surface area contributed by atoms with Crippen molar-refractivity contribution in [3.05, 3.63) is 76.7 Å². The molecule has 3 aromatic rings. The zero-order chi connectivity index (χ0) is 12.5. The highest BCUT2D eigenvalue weighted by Crippen LogP contribution is 2.22. The smallest absolute Gasteiger partial charge is 0.255 e. The van der Waals surface area contributed by atoms with Crippen LogP contribution in [0.3, 0.4) is 0 Å². The lowest BCUT2D eigenvalue weighted by atomic mass is 10.0. The second-order valence-electron chi connectivity index (χ2n) is 4.39. The molecular formula is C16H13NO. The monoisotopic (exact) mass is 235 g/mol. The largest absolute Gasteiger partial charge is 0.284 e. The first kappa shape index (κ1) is 10.8. The van der Waals surface area contributed by atoms with Crippen LogP contribution in [0.15, 0.2) is 65.6 Å². The van der Waals surface area contributed by atoms with Crippen LogP contribution in [0, 0.1) is 6.92 Å². The van der Waals surface area contributed by atoms with Gasteiger partial charge in [0.25, 0.3) is 5.56 Å². The molecule has 0 aliphatic rings. The number of pyridine rings is 2. The average Bonchev–Trinajstić information content (AvgIpc) is 2.39. The van der Waals surface area contributed by atoms with Crippen molar-refractivity contribution >= 4 is 5.52 Å². The van der Waals surface area contributed by atoms with Crippen LogP contribution in [0.2, 0.25) is 0 Å². The van der Waals surface area contributed by atoms with Crippen LogP contribution >= 0.6 is 0 Å². The van der Waals surface area contributed by atoms with Gasteiger partial charge in [0.05, 0.1) is 0 Å². The highest BCUT2D eigenvalue weighted by molar-refractivity contribution is 5.71. The minimum atomic E-state index is 0.00588. The second kappa shape index (κ2) is 4.15. The fraction of sp³-hybridized carbons (Fsp3) is 0.0625. The third-order valence-corrected chi connectivity index (χ3v) is 3.17. The van der Waals surface area contributed by atoms with E-state index < -0.39 is 0 Å². The molecule has 2 heteroatoms. The summed E-state index contributed by atoms with van der Waals surface area (Å²) in [6.45, 7) is 2.06. The van der Waals surface area contributed by atoms with Gasteiger partial charge in [-0.25, -0.2) is 0 Å². The fourth-order valence-electron chi connectivity index (χ4n) is 2.23. The summed E-state index contributed by atoms with van der Waals surface area (Å²) in [5.41, 5.74) is 4.19. The molecule has 88 valence electrons. The third-order valence-electron chi connectivity index (χ3n) is 3.17. The summed E-state index contributed by atoms with van der Waals surface area (Å²) in [5.74, 6) is 0. The fourth-order valence-corrected chi connectivity index (χ4v) is 2.23. The number of hydrogen-bond acceptors (Lipinski definition) is 1. The molecule has 0 amide bonds. The van der Waals surface area contributed by atoms with Crippen LogP contribution in [0.1, 0.15) is 5.56 Å². The summed E-state index contributed by atoms with van der Waals surface area (Å²) in [4.78, 5) is 12.0. The normalized spacial score (nSPS) is 10.7. The molecule has 2 aromatic heterocycles. The third kappa shape index (κ3) is 1.72. The first-order valence-electron chi connectivity index (χ1n) is 5.93. The predicted molar refractivity (Wildman–Crippen MR) is 73.8 cm³/mol. The van der Waals surface area contributed by atoms with Crippen molar-refractivity contribution in [2.75, 3.05) is 0 Å². The summed E-state index contributed by atoms with van der Waals surface area (Å²) < 4.78 is 1.65. The van der Waals surface area contributed by atoms with Gasteiger partial charge in [0, 0.05) is 17.8 Å². The van der Waals surface area contributed by atoms with Gasteiger partial charge in [0.2, 0.25) is 0 Å². The number of fused-ring (bicyclic) bond motifs is 1. The first-order valence-corrected chi connectivity index (χ1v) is 5.93. The Hall–Kier alpha value is -2.35. The molecule has 0 bridgehead atoms. The van der Waals surface area contributed by atoms with E-state index in [1.165, 1.54) is 5.56 Å². The lowest BCUT2D eigenvalue weighted by molar-refractivity contribution is 1.10. The van der Waals surface area contributed by atoms with Crippen LogP contribution in [0.5, 0.6) is 0 Å². The molecule has 0 aliphatic heterocycles. The Morgan fingerprint density at radius 3 is 2.56 bits per heavy atom. The highest BCUT2D eigenvalue weighted by Gasteiger charge is 2.04. The quantitative estimate of drug-likeness (QED) is 0.634. The van der Waals surface area contributed by atoms with E-state index in [2.05, 4.69) is 13.0 Å². The van der Waals surface area contributed by atoms with Gasteiger partial charge in [0.15, 0.2) is 0 Å². The molecule has 0 radical (unpaired) electrons. The van der Waals surface area contributed by atoms with Crippen molar-refractivity contribution in [2.24, 2.45) is 0 Å². The van der Waals surface area contributed by atoms with Gasteiger partial charge < -0.3 is 0 Å². The first-order chi connectivity index (χ1) is 8.75. The number of rotatable bonds is 1. The molecule has 0 spiro atoms. The van der Waals surface area contributed by atoms with Crippen molar-refractivity contribution in [3.63, 3.8) is 0 Å². The van der Waals surface area contributed by atoms with E-state index in [0.717, 1.165) is 16.6 Å². The van der Waals surface area contributed by atoms with Crippen LogP contribution in [-0.4, -0.2) is 4.40 Å². The van der Waals surface area contributed by atoms with E-state index in [-0.39, 0.29) is 5.56 Å². The predicted octanol–water partition coefficient (Wildman–Crippen LogP) is 3.27. The minimum Gasteiger partial charge on any atom is -0.284 e. The van der Waals surface area contributed by atoms with Crippen LogP contribution in [0.25, 0.3) is 16.6 Å². The summed E-state index contributed by atoms with van der Waals surface area (Å²) >= 11 is 0. The van der Waals surface area contributed by atoms with E-state index in [4.69, 9.17) is 0 Å². The molecule has 0 N–H and O–H groups in total. The van der Waals surface area contributed by atoms with Crippen molar-refractivity contribution in [2.45, 2.75) is 6.92 Å². The number of aryl methyl sites for hydroxylation is 1. The van der Waals surface area contributed by atoms with Crippen molar-refractivity contribution in [1.29, 1.82) is 0 Å². The maximum absolute atomic E-state index is 12.0. The second-order valence-corrected chi connectivity index (χ2v) is 4.39. The molecule has 0 unspecified atom stereocenters. The van der Waals surface area contributed by atoms with E-state index in [1.807, 2.05) is 42.5 Å². The summed E-state index contributed by atoms with van der Waals surface area (Å²) in [6.07, 6.45) is 1.79. The molecule has 2 nitrogen and oxygen atoms in total. The number of nitrogens with zero attached hydrogens (tertiary/aromatic N) is 1. The summed E-state index contributed by atoms with van der Waals surface area (Å²) in [7, 11) is 0. The van der Waals surface area contributed by atoms with E-state index in [1.54, 1.807) is 16.7 Å². The molecular weight excluding hydrogens is 222 g/mol. The Bertz CT molecular complexity index is 771. The molecule has 3 rings (SSSR count). The van der Waals surface area contributed by atoms with E-state index in [9.17, 15) is 4.79 Å². The van der Waals surface area contributed by atoms with Gasteiger partial charge in [-0.15, -0.1) is 0 Å². The van der Waals surface area contributed by atoms with Gasteiger partial charge in [-0.05, 0) is 41.8 Å². The maximum atomic E-state index is 12.0. The summed E-state index contributed by atoms with van der Waals surface area (Å²) in [5, 5.41) is 0. The van der Waals surface area contributed by atoms with Crippen LogP contribution in [-0.2, 0) is 0 Å². The van der Waals surface area contributed by atoms with Gasteiger partial charge in [-0.3, -0.25) is 9.20 Å². The lowest BCUT2D eigenvalue weighted by Crippen LogP contribution is -2.11. The number of hydrogen-bond donors (Lipinski definition) is 0. The Balaban J connectivity index is 2.32. The van der Waals surface area contributed by atoms with Crippen molar-refractivity contribution < 1.29 is 0 Å². The van der Waals surface area contributed by atoms with Gasteiger partial charge in [-0.2, -0.15) is 0 Å². The standard InChI is InChI=1S/C16H13NO/c1-12-6-2-3-8-15(12)13-10-14-7-4-5-9-17(14)16(18)11-13/h2-11H,1H3. The Labute approximate surface area is 105 Å². The van der Waals surface area contributed by atoms with Gasteiger partial charge in [-0.1, -0.05) is 30.3 Å². The topological polar surface area (TPSA) is 21.5 Å². The SMILES string of the molecule is Cc1ccccc1-c1cc(=O)n2ccccc2c1. The van der Waals surface area contributed by atoms with E-state index >= 15 is 0 Å². The zero-order valence-electron chi connectivity index (χ0n) is 10.1. The maximum Gasteiger partial charge on any atom is 0.255 e. The van der Waals surface area contributed by atoms with Crippen molar-refractivity contribution in [3.8, 4) is 11.1 Å². The molecule has 0 atom stereocenters. The molecule has 2 heterocycles. The molecule has 0 aliphatic carbocycles. The Morgan fingerprint density at radius 1 is 0.944 bits per heavy atom. The zero-order valence-corrected chi connectivity index (χ0v) is 10.1. The van der Waals surface area contributed by atoms with E-state index in [0.29, 0.717) is 0 Å². The van der Waals surface area contributed by atoms with Crippen molar-refractivity contribution in [1.82, 2.24) is 4.40 Å². The van der Waals surface area contributed by atoms with Crippen LogP contribution < -0.4 is 5.56 Å².